The zero-order valence-corrected chi connectivity index (χ0v) is 11.2. The third-order valence-electron chi connectivity index (χ3n) is 2.00. The third-order valence-corrected chi connectivity index (χ3v) is 4.08. The first-order valence-electron chi connectivity index (χ1n) is 4.73. The Kier molecular flexibility index (Phi) is 3.70. The van der Waals surface area contributed by atoms with Crippen molar-refractivity contribution in [3.63, 3.8) is 0 Å². The highest BCUT2D eigenvalue weighted by Gasteiger charge is 2.18. The summed E-state index contributed by atoms with van der Waals surface area (Å²) >= 11 is 11.4. The lowest BCUT2D eigenvalue weighted by Crippen LogP contribution is -2.13. The van der Waals surface area contributed by atoms with Crippen molar-refractivity contribution < 1.29 is 8.42 Å². The molecule has 0 aliphatic heterocycles. The molecule has 1 N–H and O–H groups in total. The number of nitrogens with one attached hydrogen (secondary N) is 1. The van der Waals surface area contributed by atoms with E-state index in [2.05, 4.69) is 14.7 Å². The van der Waals surface area contributed by atoms with Gasteiger partial charge in [-0.25, -0.2) is 13.4 Å². The van der Waals surface area contributed by atoms with E-state index in [1.54, 1.807) is 0 Å². The minimum Gasteiger partial charge on any atom is -0.278 e. The number of anilines is 1. The molecule has 0 aromatic carbocycles. The highest BCUT2D eigenvalue weighted by Crippen LogP contribution is 2.22. The molecule has 0 aliphatic carbocycles. The second-order valence-electron chi connectivity index (χ2n) is 3.28. The quantitative estimate of drug-likeness (QED) is 0.885. The average molecular weight is 304 g/mol. The van der Waals surface area contributed by atoms with Crippen LogP contribution >= 0.6 is 23.2 Å². The molecule has 2 heterocycles. The molecule has 0 fully saturated rings. The van der Waals surface area contributed by atoms with Gasteiger partial charge >= 0.3 is 0 Å². The number of sulfonamides is 1. The monoisotopic (exact) mass is 303 g/mol. The van der Waals surface area contributed by atoms with Crippen molar-refractivity contribution in [1.82, 2.24) is 9.97 Å². The van der Waals surface area contributed by atoms with Crippen molar-refractivity contribution in [2.75, 3.05) is 4.72 Å². The molecule has 0 spiro atoms. The molecule has 0 radical (unpaired) electrons. The SMILES string of the molecule is O=S(=O)(Nc1ccc(Cl)nc1)c1cnccc1Cl. The van der Waals surface area contributed by atoms with Crippen LogP contribution in [0.5, 0.6) is 0 Å². The van der Waals surface area contributed by atoms with E-state index in [9.17, 15) is 8.42 Å². The van der Waals surface area contributed by atoms with Gasteiger partial charge in [-0.05, 0) is 18.2 Å². The van der Waals surface area contributed by atoms with Crippen LogP contribution in [0, 0.1) is 0 Å². The number of pyridine rings is 2. The standard InChI is InChI=1S/C10H7Cl2N3O2S/c11-8-3-4-13-6-9(8)18(16,17)15-7-1-2-10(12)14-5-7/h1-6,15H. The van der Waals surface area contributed by atoms with Crippen molar-refractivity contribution in [2.45, 2.75) is 4.90 Å². The van der Waals surface area contributed by atoms with Crippen molar-refractivity contribution >= 4 is 38.9 Å². The van der Waals surface area contributed by atoms with Gasteiger partial charge in [0.15, 0.2) is 0 Å². The summed E-state index contributed by atoms with van der Waals surface area (Å²) in [6, 6.07) is 4.37. The number of nitrogens with zero attached hydrogens (tertiary/aromatic N) is 2. The first-order valence-corrected chi connectivity index (χ1v) is 6.97. The van der Waals surface area contributed by atoms with Crippen molar-refractivity contribution in [3.8, 4) is 0 Å². The van der Waals surface area contributed by atoms with E-state index >= 15 is 0 Å². The van der Waals surface area contributed by atoms with E-state index in [0.717, 1.165) is 0 Å². The lowest BCUT2D eigenvalue weighted by Gasteiger charge is -2.08. The van der Waals surface area contributed by atoms with Crippen LogP contribution in [-0.2, 0) is 10.0 Å². The second-order valence-corrected chi connectivity index (χ2v) is 5.73. The first-order chi connectivity index (χ1) is 8.49. The molecule has 2 rings (SSSR count). The van der Waals surface area contributed by atoms with E-state index in [1.807, 2.05) is 0 Å². The maximum absolute atomic E-state index is 12.0. The summed E-state index contributed by atoms with van der Waals surface area (Å²) in [4.78, 5) is 7.40. The summed E-state index contributed by atoms with van der Waals surface area (Å²) in [7, 11) is -3.78. The lowest BCUT2D eigenvalue weighted by molar-refractivity contribution is 0.601. The molecule has 5 nitrogen and oxygen atoms in total. The van der Waals surface area contributed by atoms with Gasteiger partial charge in [0, 0.05) is 12.4 Å². The fraction of sp³-hybridized carbons (Fsp3) is 0. The molecule has 2 aromatic heterocycles. The first kappa shape index (κ1) is 13.1. The van der Waals surface area contributed by atoms with Crippen LogP contribution in [0.4, 0.5) is 5.69 Å². The number of rotatable bonds is 3. The summed E-state index contributed by atoms with van der Waals surface area (Å²) in [5.41, 5.74) is 0.291. The third kappa shape index (κ3) is 2.90. The Morgan fingerprint density at radius 2 is 1.89 bits per heavy atom. The molecule has 8 heteroatoms. The fourth-order valence-electron chi connectivity index (χ4n) is 1.21. The molecule has 0 saturated heterocycles. The highest BCUT2D eigenvalue weighted by atomic mass is 35.5. The zero-order valence-electron chi connectivity index (χ0n) is 8.84. The van der Waals surface area contributed by atoms with E-state index < -0.39 is 10.0 Å². The van der Waals surface area contributed by atoms with Gasteiger partial charge in [0.1, 0.15) is 10.0 Å². The number of aromatic nitrogens is 2. The number of halogens is 2. The van der Waals surface area contributed by atoms with Gasteiger partial charge in [-0.2, -0.15) is 0 Å². The van der Waals surface area contributed by atoms with Gasteiger partial charge in [-0.3, -0.25) is 9.71 Å². The molecule has 0 bridgehead atoms. The molecule has 0 unspecified atom stereocenters. The van der Waals surface area contributed by atoms with Crippen LogP contribution in [-0.4, -0.2) is 18.4 Å². The minimum absolute atomic E-state index is 0.0957. The van der Waals surface area contributed by atoms with E-state index in [0.29, 0.717) is 5.69 Å². The number of hydrogen-bond acceptors (Lipinski definition) is 4. The molecule has 0 atom stereocenters. The lowest BCUT2D eigenvalue weighted by atomic mass is 10.4. The molecule has 2 aromatic rings. The maximum Gasteiger partial charge on any atom is 0.264 e. The Bertz CT molecular complexity index is 659. The summed E-state index contributed by atoms with van der Waals surface area (Å²) in [5.74, 6) is 0. The zero-order chi connectivity index (χ0) is 13.2. The Morgan fingerprint density at radius 1 is 1.11 bits per heavy atom. The Morgan fingerprint density at radius 3 is 2.50 bits per heavy atom. The summed E-state index contributed by atoms with van der Waals surface area (Å²) in [5, 5.41) is 0.372. The van der Waals surface area contributed by atoms with Crippen LogP contribution in [0.25, 0.3) is 0 Å². The molecule has 0 saturated carbocycles. The van der Waals surface area contributed by atoms with Crippen molar-refractivity contribution in [2.24, 2.45) is 0 Å². The molecule has 18 heavy (non-hydrogen) atoms. The summed E-state index contributed by atoms with van der Waals surface area (Å²) in [6.45, 7) is 0. The Hall–Kier alpha value is -1.37. The topological polar surface area (TPSA) is 72.0 Å². The highest BCUT2D eigenvalue weighted by molar-refractivity contribution is 7.92. The Balaban J connectivity index is 2.33. The smallest absolute Gasteiger partial charge is 0.264 e. The van der Waals surface area contributed by atoms with Gasteiger partial charge < -0.3 is 0 Å². The molecule has 0 aliphatic rings. The van der Waals surface area contributed by atoms with Crippen molar-refractivity contribution in [1.29, 1.82) is 0 Å². The molecule has 0 amide bonds. The van der Waals surface area contributed by atoms with Crippen LogP contribution in [0.1, 0.15) is 0 Å². The normalized spacial score (nSPS) is 11.2. The van der Waals surface area contributed by atoms with Gasteiger partial charge in [0.25, 0.3) is 10.0 Å². The van der Waals surface area contributed by atoms with Gasteiger partial charge in [-0.15, -0.1) is 0 Å². The molecule has 94 valence electrons. The minimum atomic E-state index is -3.78. The summed E-state index contributed by atoms with van der Waals surface area (Å²) in [6.07, 6.45) is 3.89. The second kappa shape index (κ2) is 5.09. The molecular weight excluding hydrogens is 297 g/mol. The Labute approximate surface area is 114 Å². The summed E-state index contributed by atoms with van der Waals surface area (Å²) < 4.78 is 26.4. The predicted molar refractivity (Wildman–Crippen MR) is 69.3 cm³/mol. The maximum atomic E-state index is 12.0. The van der Waals surface area contributed by atoms with E-state index in [1.165, 1.54) is 36.8 Å². The van der Waals surface area contributed by atoms with Crippen LogP contribution < -0.4 is 4.72 Å². The largest absolute Gasteiger partial charge is 0.278 e. The van der Waals surface area contributed by atoms with E-state index in [-0.39, 0.29) is 15.1 Å². The molecular formula is C10H7Cl2N3O2S. The number of hydrogen-bond donors (Lipinski definition) is 1. The van der Waals surface area contributed by atoms with E-state index in [4.69, 9.17) is 23.2 Å². The van der Waals surface area contributed by atoms with Crippen LogP contribution in [0.3, 0.4) is 0 Å². The van der Waals surface area contributed by atoms with Crippen LogP contribution in [0.15, 0.2) is 41.7 Å². The fourth-order valence-corrected chi connectivity index (χ4v) is 2.79. The van der Waals surface area contributed by atoms with Gasteiger partial charge in [0.05, 0.1) is 16.9 Å². The predicted octanol–water partition coefficient (Wildman–Crippen LogP) is 2.58. The average Bonchev–Trinajstić information content (AvgIpc) is 2.32. The van der Waals surface area contributed by atoms with Crippen LogP contribution in [0.2, 0.25) is 10.2 Å². The van der Waals surface area contributed by atoms with Crippen molar-refractivity contribution in [3.05, 3.63) is 47.0 Å². The van der Waals surface area contributed by atoms with Gasteiger partial charge in [-0.1, -0.05) is 23.2 Å². The van der Waals surface area contributed by atoms with Gasteiger partial charge in [0.2, 0.25) is 0 Å².